The standard InChI is InChI=1S/C79H51N5S/c1-79(2)66-35-31-50(39-58(66)59-46-77-65(43-67(59)79)57-28-16-18-30-76(57)85-77)51-32-36-71-60(40-51)61-41-52(33-37-72(61)82(71)54-23-11-5-12-24-54)53-34-38-73-62(42-53)64-45-74-63(56-27-15-17-29-70(56)83(74)55-25-13-6-14-26-55)44-75(64)84(73)78-80-68(48-19-7-3-8-20-48)47-69(81-78)49-21-9-4-10-22-49/h3-47H,1-2H3. The van der Waals surface area contributed by atoms with Gasteiger partial charge in [-0.2, -0.15) is 0 Å². The number of hydrogen-bond acceptors (Lipinski definition) is 3. The highest BCUT2D eigenvalue weighted by Gasteiger charge is 2.36. The van der Waals surface area contributed by atoms with Gasteiger partial charge in [-0.05, 0) is 154 Å². The molecule has 0 saturated heterocycles. The van der Waals surface area contributed by atoms with Crippen LogP contribution in [-0.4, -0.2) is 23.7 Å². The number of benzene rings is 12. The van der Waals surface area contributed by atoms with Crippen molar-refractivity contribution < 1.29 is 0 Å². The highest BCUT2D eigenvalue weighted by atomic mass is 32.1. The van der Waals surface area contributed by atoms with Crippen molar-refractivity contribution in [2.24, 2.45) is 0 Å². The fraction of sp³-hybridized carbons (Fsp3) is 0.0380. The molecule has 12 aromatic carbocycles. The summed E-state index contributed by atoms with van der Waals surface area (Å²) in [4.78, 5) is 10.9. The summed E-state index contributed by atoms with van der Waals surface area (Å²) in [5.41, 5.74) is 22.8. The van der Waals surface area contributed by atoms with Crippen LogP contribution < -0.4 is 0 Å². The summed E-state index contributed by atoms with van der Waals surface area (Å²) in [6.45, 7) is 4.78. The molecule has 0 radical (unpaired) electrons. The van der Waals surface area contributed by atoms with Gasteiger partial charge in [0.15, 0.2) is 0 Å². The van der Waals surface area contributed by atoms with Crippen LogP contribution in [-0.2, 0) is 5.41 Å². The van der Waals surface area contributed by atoms with Crippen LogP contribution in [0.2, 0.25) is 0 Å². The molecule has 0 N–H and O–H groups in total. The summed E-state index contributed by atoms with van der Waals surface area (Å²) in [6.07, 6.45) is 0. The van der Waals surface area contributed by atoms with Crippen LogP contribution >= 0.6 is 11.3 Å². The summed E-state index contributed by atoms with van der Waals surface area (Å²) in [7, 11) is 0. The van der Waals surface area contributed by atoms with Crippen LogP contribution in [0.25, 0.3) is 159 Å². The molecule has 5 nitrogen and oxygen atoms in total. The van der Waals surface area contributed by atoms with Crippen molar-refractivity contribution in [2.45, 2.75) is 19.3 Å². The molecule has 0 bridgehead atoms. The van der Waals surface area contributed by atoms with Gasteiger partial charge in [-0.15, -0.1) is 11.3 Å². The van der Waals surface area contributed by atoms with E-state index in [9.17, 15) is 0 Å². The Balaban J connectivity index is 0.846. The number of fused-ring (bicyclic) bond motifs is 15. The molecule has 18 rings (SSSR count). The Morgan fingerprint density at radius 3 is 1.32 bits per heavy atom. The maximum absolute atomic E-state index is 5.46. The third-order valence-corrected chi connectivity index (χ3v) is 19.4. The monoisotopic (exact) mass is 1100 g/mol. The first kappa shape index (κ1) is 47.9. The second-order valence-electron chi connectivity index (χ2n) is 23.3. The summed E-state index contributed by atoms with van der Waals surface area (Å²) < 4.78 is 9.81. The Morgan fingerprint density at radius 1 is 0.282 bits per heavy atom. The first-order valence-corrected chi connectivity index (χ1v) is 30.0. The van der Waals surface area contributed by atoms with E-state index in [4.69, 9.17) is 9.97 Å². The lowest BCUT2D eigenvalue weighted by Gasteiger charge is -2.21. The quantitative estimate of drug-likeness (QED) is 0.160. The lowest BCUT2D eigenvalue weighted by molar-refractivity contribution is 0.661. The first-order chi connectivity index (χ1) is 41.9. The fourth-order valence-electron chi connectivity index (χ4n) is 14.2. The van der Waals surface area contributed by atoms with Gasteiger partial charge < -0.3 is 9.13 Å². The van der Waals surface area contributed by atoms with E-state index in [2.05, 4.69) is 301 Å². The van der Waals surface area contributed by atoms with Gasteiger partial charge in [-0.3, -0.25) is 4.57 Å². The minimum atomic E-state index is -0.122. The van der Waals surface area contributed by atoms with Gasteiger partial charge in [-0.1, -0.05) is 178 Å². The SMILES string of the molecule is CC1(C)c2ccc(-c3ccc4c(c3)c3cc(-c5ccc6c(c5)c5cc7c(cc5n6-c5nc(-c6ccccc6)cc(-c6ccccc6)n5)c5ccccc5n7-c5ccccc5)ccc3n4-c3ccccc3)cc2-c2cc3sc4ccccc4c3cc21. The molecule has 0 atom stereocenters. The Bertz CT molecular complexity index is 5550. The first-order valence-electron chi connectivity index (χ1n) is 29.2. The summed E-state index contributed by atoms with van der Waals surface area (Å²) in [6, 6.07) is 100. The zero-order chi connectivity index (χ0) is 56.1. The smallest absolute Gasteiger partial charge is 0.235 e. The lowest BCUT2D eigenvalue weighted by atomic mass is 9.82. The van der Waals surface area contributed by atoms with Crippen molar-refractivity contribution in [3.63, 3.8) is 0 Å². The molecular weight excluding hydrogens is 1050 g/mol. The zero-order valence-corrected chi connectivity index (χ0v) is 47.4. The molecule has 17 aromatic rings. The number of thiophene rings is 1. The fourth-order valence-corrected chi connectivity index (χ4v) is 15.3. The second kappa shape index (κ2) is 18.2. The zero-order valence-electron chi connectivity index (χ0n) is 46.6. The van der Waals surface area contributed by atoms with Crippen molar-refractivity contribution in [1.29, 1.82) is 0 Å². The van der Waals surface area contributed by atoms with Crippen LogP contribution in [0.5, 0.6) is 0 Å². The van der Waals surface area contributed by atoms with E-state index in [1.165, 1.54) is 80.6 Å². The maximum Gasteiger partial charge on any atom is 0.235 e. The van der Waals surface area contributed by atoms with Crippen LogP contribution in [0.15, 0.2) is 273 Å². The minimum absolute atomic E-state index is 0.122. The van der Waals surface area contributed by atoms with Crippen molar-refractivity contribution in [3.8, 4) is 73.2 Å². The molecular formula is C79H51N5S. The lowest BCUT2D eigenvalue weighted by Crippen LogP contribution is -2.14. The second-order valence-corrected chi connectivity index (χ2v) is 24.4. The van der Waals surface area contributed by atoms with E-state index in [1.54, 1.807) is 0 Å². The molecule has 5 aromatic heterocycles. The van der Waals surface area contributed by atoms with Gasteiger partial charge in [0.1, 0.15) is 0 Å². The molecule has 1 aliphatic rings. The van der Waals surface area contributed by atoms with Crippen molar-refractivity contribution in [1.82, 2.24) is 23.7 Å². The summed E-state index contributed by atoms with van der Waals surface area (Å²) >= 11 is 1.90. The predicted molar refractivity (Wildman–Crippen MR) is 357 cm³/mol. The van der Waals surface area contributed by atoms with Crippen molar-refractivity contribution in [3.05, 3.63) is 284 Å². The molecule has 0 saturated carbocycles. The highest BCUT2D eigenvalue weighted by Crippen LogP contribution is 2.53. The summed E-state index contributed by atoms with van der Waals surface area (Å²) in [5, 5.41) is 9.72. The maximum atomic E-state index is 5.46. The number of aromatic nitrogens is 5. The van der Waals surface area contributed by atoms with Gasteiger partial charge in [0.25, 0.3) is 0 Å². The Morgan fingerprint density at radius 2 is 0.718 bits per heavy atom. The van der Waals surface area contributed by atoms with E-state index in [0.717, 1.165) is 83.4 Å². The molecule has 6 heteroatoms. The number of nitrogens with zero attached hydrogens (tertiary/aromatic N) is 5. The molecule has 1 aliphatic carbocycles. The van der Waals surface area contributed by atoms with E-state index in [-0.39, 0.29) is 5.41 Å². The molecule has 0 fully saturated rings. The van der Waals surface area contributed by atoms with Crippen LogP contribution in [0.4, 0.5) is 0 Å². The van der Waals surface area contributed by atoms with Gasteiger partial charge in [0.2, 0.25) is 5.95 Å². The van der Waals surface area contributed by atoms with Gasteiger partial charge in [0.05, 0.1) is 44.5 Å². The Kier molecular flexibility index (Phi) is 10.2. The molecule has 0 amide bonds. The van der Waals surface area contributed by atoms with Gasteiger partial charge in [-0.25, -0.2) is 9.97 Å². The largest absolute Gasteiger partial charge is 0.309 e. The van der Waals surface area contributed by atoms with E-state index >= 15 is 0 Å². The van der Waals surface area contributed by atoms with Gasteiger partial charge >= 0.3 is 0 Å². The van der Waals surface area contributed by atoms with E-state index in [0.29, 0.717) is 5.95 Å². The highest BCUT2D eigenvalue weighted by molar-refractivity contribution is 7.25. The van der Waals surface area contributed by atoms with Crippen LogP contribution in [0.3, 0.4) is 0 Å². The van der Waals surface area contributed by atoms with E-state index in [1.807, 2.05) is 11.3 Å². The van der Waals surface area contributed by atoms with E-state index < -0.39 is 0 Å². The molecule has 0 aliphatic heterocycles. The predicted octanol–water partition coefficient (Wildman–Crippen LogP) is 21.1. The topological polar surface area (TPSA) is 40.6 Å². The molecule has 85 heavy (non-hydrogen) atoms. The Labute approximate surface area is 494 Å². The molecule has 398 valence electrons. The number of hydrogen-bond donors (Lipinski definition) is 0. The molecule has 0 unspecified atom stereocenters. The Hall–Kier alpha value is -10.7. The van der Waals surface area contributed by atoms with Gasteiger partial charge in [0, 0.05) is 80.4 Å². The normalized spacial score (nSPS) is 12.9. The average molecular weight is 1100 g/mol. The molecule has 5 heterocycles. The number of rotatable bonds is 7. The van der Waals surface area contributed by atoms with Crippen molar-refractivity contribution in [2.75, 3.05) is 0 Å². The van der Waals surface area contributed by atoms with Crippen LogP contribution in [0, 0.1) is 0 Å². The molecule has 0 spiro atoms. The summed E-state index contributed by atoms with van der Waals surface area (Å²) in [5.74, 6) is 0.620. The number of para-hydroxylation sites is 3. The van der Waals surface area contributed by atoms with Crippen molar-refractivity contribution >= 4 is 96.9 Å². The van der Waals surface area contributed by atoms with Crippen LogP contribution in [0.1, 0.15) is 25.0 Å². The minimum Gasteiger partial charge on any atom is -0.309 e. The third-order valence-electron chi connectivity index (χ3n) is 18.2. The average Bonchev–Trinajstić information content (AvgIpc) is 1.75. The third kappa shape index (κ3) is 7.22.